The number of amidine groups is 1. The molecule has 0 saturated heterocycles. The van der Waals surface area contributed by atoms with Gasteiger partial charge in [0, 0.05) is 6.54 Å². The molecule has 0 radical (unpaired) electrons. The standard InChI is InChI=1S/C4H9IN2/c1-2-3-7-4(5)6/h2-3H2,1H3,(H2,6,7). The highest BCUT2D eigenvalue weighted by atomic mass is 127. The summed E-state index contributed by atoms with van der Waals surface area (Å²) in [5.74, 6) is 0. The second-order valence-corrected chi connectivity index (χ2v) is 2.31. The van der Waals surface area contributed by atoms with Crippen molar-refractivity contribution in [2.75, 3.05) is 6.54 Å². The lowest BCUT2D eigenvalue weighted by Gasteiger charge is -1.84. The summed E-state index contributed by atoms with van der Waals surface area (Å²) in [6.07, 6.45) is 1.07. The minimum Gasteiger partial charge on any atom is -0.379 e. The molecule has 0 amide bonds. The molecule has 0 bridgehead atoms. The maximum absolute atomic E-state index is 5.22. The third-order valence-corrected chi connectivity index (χ3v) is 0.828. The number of nitrogens with zero attached hydrogens (tertiary/aromatic N) is 1. The summed E-state index contributed by atoms with van der Waals surface area (Å²) in [7, 11) is 0. The minimum absolute atomic E-state index is 0.652. The smallest absolute Gasteiger partial charge is 0.157 e. The van der Waals surface area contributed by atoms with Crippen molar-refractivity contribution in [2.24, 2.45) is 10.7 Å². The second kappa shape index (κ2) is 4.36. The van der Waals surface area contributed by atoms with Gasteiger partial charge in [-0.3, -0.25) is 4.99 Å². The molecular formula is C4H9IN2. The maximum Gasteiger partial charge on any atom is 0.157 e. The summed E-state index contributed by atoms with van der Waals surface area (Å²) < 4.78 is 0.652. The van der Waals surface area contributed by atoms with Crippen molar-refractivity contribution in [2.45, 2.75) is 13.3 Å². The van der Waals surface area contributed by atoms with E-state index in [0.29, 0.717) is 3.84 Å². The Kier molecular flexibility index (Phi) is 4.49. The molecule has 0 rings (SSSR count). The number of halogens is 1. The molecule has 0 unspecified atom stereocenters. The van der Waals surface area contributed by atoms with Crippen LogP contribution in [0.1, 0.15) is 13.3 Å². The van der Waals surface area contributed by atoms with Gasteiger partial charge in [-0.1, -0.05) is 6.92 Å². The summed E-state index contributed by atoms with van der Waals surface area (Å²) in [6, 6.07) is 0. The molecule has 0 fully saturated rings. The Hall–Kier alpha value is 0.200. The van der Waals surface area contributed by atoms with Crippen LogP contribution >= 0.6 is 22.6 Å². The Morgan fingerprint density at radius 1 is 1.86 bits per heavy atom. The minimum atomic E-state index is 0.652. The van der Waals surface area contributed by atoms with Crippen molar-refractivity contribution < 1.29 is 0 Å². The predicted octanol–water partition coefficient (Wildman–Crippen LogP) is 1.15. The molecule has 0 aromatic heterocycles. The Morgan fingerprint density at radius 3 is 2.57 bits per heavy atom. The monoisotopic (exact) mass is 212 g/mol. The Bertz CT molecular complexity index is 66.1. The van der Waals surface area contributed by atoms with E-state index in [1.54, 1.807) is 0 Å². The van der Waals surface area contributed by atoms with Gasteiger partial charge in [-0.25, -0.2) is 0 Å². The maximum atomic E-state index is 5.22. The summed E-state index contributed by atoms with van der Waals surface area (Å²) in [6.45, 7) is 2.93. The zero-order valence-corrected chi connectivity index (χ0v) is 6.47. The first kappa shape index (κ1) is 7.20. The Balaban J connectivity index is 3.08. The highest BCUT2D eigenvalue weighted by Crippen LogP contribution is 1.83. The van der Waals surface area contributed by atoms with Crippen LogP contribution in [0.3, 0.4) is 0 Å². The number of hydrogen-bond acceptors (Lipinski definition) is 1. The fourth-order valence-corrected chi connectivity index (χ4v) is 0.460. The molecule has 0 spiro atoms. The van der Waals surface area contributed by atoms with Gasteiger partial charge in [0.2, 0.25) is 0 Å². The Labute approximate surface area is 57.3 Å². The first-order chi connectivity index (χ1) is 3.27. The normalized spacial score (nSPS) is 12.0. The molecule has 0 aliphatic rings. The van der Waals surface area contributed by atoms with E-state index in [9.17, 15) is 0 Å². The molecule has 0 atom stereocenters. The molecule has 7 heavy (non-hydrogen) atoms. The fourth-order valence-electron chi connectivity index (χ4n) is 0.219. The van der Waals surface area contributed by atoms with Gasteiger partial charge in [0.25, 0.3) is 0 Å². The van der Waals surface area contributed by atoms with Crippen LogP contribution in [-0.2, 0) is 0 Å². The number of nitrogens with two attached hydrogens (primary N) is 1. The van der Waals surface area contributed by atoms with Crippen LogP contribution in [0.25, 0.3) is 0 Å². The molecule has 2 N–H and O–H groups in total. The van der Waals surface area contributed by atoms with Gasteiger partial charge in [-0.15, -0.1) is 0 Å². The molecule has 0 aliphatic heterocycles. The summed E-state index contributed by atoms with van der Waals surface area (Å²) >= 11 is 1.99. The van der Waals surface area contributed by atoms with E-state index in [1.165, 1.54) is 0 Å². The first-order valence-electron chi connectivity index (χ1n) is 2.22. The van der Waals surface area contributed by atoms with Crippen LogP contribution in [0.4, 0.5) is 0 Å². The van der Waals surface area contributed by atoms with E-state index in [4.69, 9.17) is 5.73 Å². The number of hydrogen-bond donors (Lipinski definition) is 1. The van der Waals surface area contributed by atoms with E-state index in [1.807, 2.05) is 22.6 Å². The lowest BCUT2D eigenvalue weighted by atomic mass is 10.5. The quantitative estimate of drug-likeness (QED) is 0.317. The van der Waals surface area contributed by atoms with Crippen molar-refractivity contribution >= 4 is 26.4 Å². The summed E-state index contributed by atoms with van der Waals surface area (Å²) in [5, 5.41) is 0. The SMILES string of the molecule is CCCN=C(N)I. The fraction of sp³-hybridized carbons (Fsp3) is 0.750. The number of aliphatic imine (C=N–C) groups is 1. The zero-order chi connectivity index (χ0) is 5.70. The summed E-state index contributed by atoms with van der Waals surface area (Å²) in [5.41, 5.74) is 5.22. The largest absolute Gasteiger partial charge is 0.379 e. The molecule has 0 aromatic rings. The van der Waals surface area contributed by atoms with Crippen molar-refractivity contribution in [3.05, 3.63) is 0 Å². The van der Waals surface area contributed by atoms with Crippen molar-refractivity contribution in [1.82, 2.24) is 0 Å². The van der Waals surface area contributed by atoms with Gasteiger partial charge in [0.1, 0.15) is 0 Å². The molecule has 42 valence electrons. The van der Waals surface area contributed by atoms with Gasteiger partial charge < -0.3 is 5.73 Å². The van der Waals surface area contributed by atoms with Gasteiger partial charge in [-0.05, 0) is 29.0 Å². The molecule has 0 heterocycles. The van der Waals surface area contributed by atoms with Gasteiger partial charge in [0.15, 0.2) is 3.84 Å². The molecule has 0 aromatic carbocycles. The predicted molar refractivity (Wildman–Crippen MR) is 40.8 cm³/mol. The highest BCUT2D eigenvalue weighted by Gasteiger charge is 1.75. The van der Waals surface area contributed by atoms with Crippen LogP contribution in [0.15, 0.2) is 4.99 Å². The lowest BCUT2D eigenvalue weighted by Crippen LogP contribution is -2.00. The van der Waals surface area contributed by atoms with E-state index < -0.39 is 0 Å². The topological polar surface area (TPSA) is 38.4 Å². The van der Waals surface area contributed by atoms with E-state index in [-0.39, 0.29) is 0 Å². The van der Waals surface area contributed by atoms with E-state index >= 15 is 0 Å². The molecular weight excluding hydrogens is 203 g/mol. The molecule has 0 saturated carbocycles. The van der Waals surface area contributed by atoms with Crippen LogP contribution in [0.5, 0.6) is 0 Å². The van der Waals surface area contributed by atoms with Crippen LogP contribution in [-0.4, -0.2) is 10.4 Å². The van der Waals surface area contributed by atoms with Crippen LogP contribution < -0.4 is 5.73 Å². The third-order valence-electron chi connectivity index (χ3n) is 0.486. The summed E-state index contributed by atoms with van der Waals surface area (Å²) in [4.78, 5) is 3.92. The molecule has 0 aliphatic carbocycles. The van der Waals surface area contributed by atoms with E-state index in [2.05, 4.69) is 11.9 Å². The molecule has 3 heteroatoms. The Morgan fingerprint density at radius 2 is 2.43 bits per heavy atom. The van der Waals surface area contributed by atoms with Crippen LogP contribution in [0.2, 0.25) is 0 Å². The lowest BCUT2D eigenvalue weighted by molar-refractivity contribution is 0.934. The first-order valence-corrected chi connectivity index (χ1v) is 3.30. The number of rotatable bonds is 2. The van der Waals surface area contributed by atoms with Crippen molar-refractivity contribution in [3.63, 3.8) is 0 Å². The zero-order valence-electron chi connectivity index (χ0n) is 4.32. The van der Waals surface area contributed by atoms with Gasteiger partial charge in [-0.2, -0.15) is 0 Å². The van der Waals surface area contributed by atoms with Crippen molar-refractivity contribution in [1.29, 1.82) is 0 Å². The van der Waals surface area contributed by atoms with E-state index in [0.717, 1.165) is 13.0 Å². The average Bonchev–Trinajstić information content (AvgIpc) is 1.61. The van der Waals surface area contributed by atoms with Gasteiger partial charge in [0.05, 0.1) is 0 Å². The second-order valence-electron chi connectivity index (χ2n) is 1.20. The van der Waals surface area contributed by atoms with Gasteiger partial charge >= 0.3 is 0 Å². The average molecular weight is 212 g/mol. The molecule has 2 nitrogen and oxygen atoms in total. The third kappa shape index (κ3) is 6.20. The van der Waals surface area contributed by atoms with Crippen molar-refractivity contribution in [3.8, 4) is 0 Å². The highest BCUT2D eigenvalue weighted by molar-refractivity contribution is 14.1. The van der Waals surface area contributed by atoms with Crippen LogP contribution in [0, 0.1) is 0 Å².